The molecule has 1 aliphatic rings. The zero-order valence-corrected chi connectivity index (χ0v) is 21.2. The number of H-pyrrole nitrogens is 1. The Kier molecular flexibility index (Phi) is 6.88. The molecule has 9 nitrogen and oxygen atoms in total. The predicted molar refractivity (Wildman–Crippen MR) is 148 cm³/mol. The number of benzene rings is 3. The van der Waals surface area contributed by atoms with Gasteiger partial charge in [-0.15, -0.1) is 5.10 Å². The first-order valence-electron chi connectivity index (χ1n) is 11.5. The van der Waals surface area contributed by atoms with E-state index < -0.39 is 5.56 Å². The molecule has 0 unspecified atom stereocenters. The number of aromatic amines is 1. The highest BCUT2D eigenvalue weighted by Gasteiger charge is 2.19. The summed E-state index contributed by atoms with van der Waals surface area (Å²) in [6, 6.07) is 21.7. The van der Waals surface area contributed by atoms with Crippen molar-refractivity contribution in [2.24, 2.45) is 10.2 Å². The van der Waals surface area contributed by atoms with Crippen LogP contribution in [0.3, 0.4) is 0 Å². The van der Waals surface area contributed by atoms with Crippen molar-refractivity contribution in [3.63, 3.8) is 0 Å². The molecule has 0 fully saturated rings. The normalized spacial score (nSPS) is 13.4. The summed E-state index contributed by atoms with van der Waals surface area (Å²) in [5, 5.41) is 19.4. The highest BCUT2D eigenvalue weighted by Crippen LogP contribution is 2.30. The van der Waals surface area contributed by atoms with Crippen LogP contribution < -0.4 is 19.8 Å². The number of allylic oxidation sites excluding steroid dienone is 1. The molecular formula is C28H22N4O5S. The summed E-state index contributed by atoms with van der Waals surface area (Å²) in [7, 11) is 3.09. The number of rotatable bonds is 7. The number of nitrogens with zero attached hydrogens (tertiary/aromatic N) is 3. The van der Waals surface area contributed by atoms with Crippen molar-refractivity contribution in [2.75, 3.05) is 14.2 Å². The third-order valence-corrected chi connectivity index (χ3v) is 6.06. The van der Waals surface area contributed by atoms with Crippen LogP contribution in [0, 0.1) is 4.77 Å². The van der Waals surface area contributed by atoms with Gasteiger partial charge in [-0.2, -0.15) is 5.10 Å². The monoisotopic (exact) mass is 526 g/mol. The second-order valence-corrected chi connectivity index (χ2v) is 8.49. The number of aromatic hydroxyl groups is 1. The molecule has 3 aromatic carbocycles. The van der Waals surface area contributed by atoms with Gasteiger partial charge < -0.3 is 19.3 Å². The van der Waals surface area contributed by atoms with Crippen molar-refractivity contribution in [3.05, 3.63) is 105 Å². The van der Waals surface area contributed by atoms with Gasteiger partial charge in [0.2, 0.25) is 5.88 Å². The van der Waals surface area contributed by atoms with Crippen LogP contribution in [0.1, 0.15) is 11.1 Å². The van der Waals surface area contributed by atoms with Crippen molar-refractivity contribution in [1.82, 2.24) is 9.55 Å². The van der Waals surface area contributed by atoms with E-state index in [0.29, 0.717) is 45.5 Å². The Morgan fingerprint density at radius 2 is 1.66 bits per heavy atom. The Labute approximate surface area is 222 Å². The minimum atomic E-state index is -0.549. The third kappa shape index (κ3) is 4.84. The minimum absolute atomic E-state index is 0.000242. The van der Waals surface area contributed by atoms with Crippen LogP contribution in [0.25, 0.3) is 11.8 Å². The van der Waals surface area contributed by atoms with E-state index in [4.69, 9.17) is 26.4 Å². The Morgan fingerprint density at radius 1 is 0.947 bits per heavy atom. The smallest absolute Gasteiger partial charge is 0.262 e. The quantitative estimate of drug-likeness (QED) is 0.317. The Morgan fingerprint density at radius 3 is 2.37 bits per heavy atom. The molecule has 2 heterocycles. The lowest BCUT2D eigenvalue weighted by atomic mass is 10.0. The summed E-state index contributed by atoms with van der Waals surface area (Å²) in [4.78, 5) is 15.5. The van der Waals surface area contributed by atoms with Crippen molar-refractivity contribution in [1.29, 1.82) is 0 Å². The van der Waals surface area contributed by atoms with Gasteiger partial charge in [0.25, 0.3) is 5.56 Å². The Hall–Kier alpha value is -4.96. The lowest BCUT2D eigenvalue weighted by Crippen LogP contribution is -2.16. The van der Waals surface area contributed by atoms with Crippen molar-refractivity contribution in [3.8, 4) is 34.6 Å². The van der Waals surface area contributed by atoms with Gasteiger partial charge in [0.15, 0.2) is 16.3 Å². The van der Waals surface area contributed by atoms with E-state index in [2.05, 4.69) is 15.2 Å². The van der Waals surface area contributed by atoms with Crippen molar-refractivity contribution in [2.45, 2.75) is 0 Å². The van der Waals surface area contributed by atoms with Gasteiger partial charge in [0.1, 0.15) is 22.8 Å². The number of aromatic nitrogens is 2. The molecule has 0 saturated carbocycles. The highest BCUT2D eigenvalue weighted by atomic mass is 32.1. The van der Waals surface area contributed by atoms with E-state index in [1.54, 1.807) is 56.7 Å². The molecule has 1 aromatic heterocycles. The van der Waals surface area contributed by atoms with E-state index in [1.165, 1.54) is 16.9 Å². The SMILES string of the molecule is COc1ccc(C2=NN=CC2=Cc2c(O)n(-c3ccc(Oc4ccccc4)cc3)c(=S)[nH]c2=O)cc1OC. The molecule has 0 aliphatic carbocycles. The average molecular weight is 527 g/mol. The first-order chi connectivity index (χ1) is 18.5. The van der Waals surface area contributed by atoms with E-state index in [1.807, 2.05) is 30.3 Å². The van der Waals surface area contributed by atoms with Gasteiger partial charge >= 0.3 is 0 Å². The van der Waals surface area contributed by atoms with E-state index in [0.717, 1.165) is 0 Å². The van der Waals surface area contributed by atoms with Crippen LogP contribution in [-0.2, 0) is 0 Å². The van der Waals surface area contributed by atoms with Crippen LogP contribution in [0.4, 0.5) is 0 Å². The van der Waals surface area contributed by atoms with Crippen molar-refractivity contribution < 1.29 is 19.3 Å². The molecule has 5 rings (SSSR count). The largest absolute Gasteiger partial charge is 0.494 e. The average Bonchev–Trinajstić information content (AvgIpc) is 3.40. The maximum atomic E-state index is 12.8. The second-order valence-electron chi connectivity index (χ2n) is 8.10. The van der Waals surface area contributed by atoms with Crippen LogP contribution in [0.15, 0.2) is 93.4 Å². The summed E-state index contributed by atoms with van der Waals surface area (Å²) in [5.41, 5.74) is 1.71. The standard InChI is InChI=1S/C28H22N4O5S/c1-35-23-13-8-17(15-24(23)36-2)25-18(16-29-31-25)14-22-26(33)30-28(38)32(27(22)34)19-9-11-21(12-10-19)37-20-6-4-3-5-7-20/h3-16,34H,1-2H3,(H,30,33,38). The van der Waals surface area contributed by atoms with Gasteiger partial charge in [-0.1, -0.05) is 18.2 Å². The molecule has 4 aromatic rings. The zero-order valence-electron chi connectivity index (χ0n) is 20.4. The molecule has 0 radical (unpaired) electrons. The maximum absolute atomic E-state index is 12.8. The molecule has 190 valence electrons. The van der Waals surface area contributed by atoms with Gasteiger partial charge in [0.05, 0.1) is 26.1 Å². The van der Waals surface area contributed by atoms with Crippen molar-refractivity contribution >= 4 is 30.2 Å². The fourth-order valence-electron chi connectivity index (χ4n) is 3.93. The predicted octanol–water partition coefficient (Wildman–Crippen LogP) is 5.28. The van der Waals surface area contributed by atoms with Crippen LogP contribution in [0.5, 0.6) is 28.9 Å². The minimum Gasteiger partial charge on any atom is -0.494 e. The van der Waals surface area contributed by atoms with E-state index in [9.17, 15) is 9.90 Å². The number of hydrogen-bond acceptors (Lipinski definition) is 8. The Balaban J connectivity index is 1.50. The topological polar surface area (TPSA) is 110 Å². The first-order valence-corrected chi connectivity index (χ1v) is 11.9. The van der Waals surface area contributed by atoms with Crippen LogP contribution in [-0.4, -0.2) is 40.8 Å². The fraction of sp³-hybridized carbons (Fsp3) is 0.0714. The van der Waals surface area contributed by atoms with E-state index in [-0.39, 0.29) is 16.2 Å². The van der Waals surface area contributed by atoms with Crippen LogP contribution >= 0.6 is 12.2 Å². The molecule has 0 bridgehead atoms. The summed E-state index contributed by atoms with van der Waals surface area (Å²) in [6.45, 7) is 0. The molecule has 0 saturated heterocycles. The molecule has 10 heteroatoms. The van der Waals surface area contributed by atoms with Gasteiger partial charge in [0, 0.05) is 11.1 Å². The third-order valence-electron chi connectivity index (χ3n) is 5.78. The van der Waals surface area contributed by atoms with Gasteiger partial charge in [-0.05, 0) is 72.9 Å². The molecule has 38 heavy (non-hydrogen) atoms. The highest BCUT2D eigenvalue weighted by molar-refractivity contribution is 7.71. The zero-order chi connectivity index (χ0) is 26.6. The van der Waals surface area contributed by atoms with Gasteiger partial charge in [-0.25, -0.2) is 0 Å². The van der Waals surface area contributed by atoms with E-state index >= 15 is 0 Å². The number of methoxy groups -OCH3 is 2. The van der Waals surface area contributed by atoms with Crippen LogP contribution in [0.2, 0.25) is 0 Å². The molecule has 0 atom stereocenters. The molecule has 0 amide bonds. The lowest BCUT2D eigenvalue weighted by molar-refractivity contribution is 0.355. The molecular weight excluding hydrogens is 504 g/mol. The Bertz CT molecular complexity index is 1700. The number of ether oxygens (including phenoxy) is 3. The summed E-state index contributed by atoms with van der Waals surface area (Å²) >= 11 is 5.36. The first kappa shape index (κ1) is 24.7. The maximum Gasteiger partial charge on any atom is 0.262 e. The van der Waals surface area contributed by atoms with Gasteiger partial charge in [-0.3, -0.25) is 14.3 Å². The lowest BCUT2D eigenvalue weighted by Gasteiger charge is -2.13. The number of para-hydroxylation sites is 1. The summed E-state index contributed by atoms with van der Waals surface area (Å²) in [6.07, 6.45) is 3.02. The number of nitrogens with one attached hydrogen (secondary N) is 1. The summed E-state index contributed by atoms with van der Waals surface area (Å²) < 4.78 is 17.9. The fourth-order valence-corrected chi connectivity index (χ4v) is 4.22. The summed E-state index contributed by atoms with van der Waals surface area (Å²) in [5.74, 6) is 2.07. The molecule has 1 aliphatic heterocycles. The molecule has 2 N–H and O–H groups in total. The molecule has 0 spiro atoms. The number of hydrogen-bond donors (Lipinski definition) is 2. The second kappa shape index (κ2) is 10.6.